The van der Waals surface area contributed by atoms with Crippen molar-refractivity contribution in [2.45, 2.75) is 6.42 Å². The second-order valence-electron chi connectivity index (χ2n) is 4.61. The van der Waals surface area contributed by atoms with Crippen LogP contribution >= 0.6 is 15.9 Å². The topological polar surface area (TPSA) is 46.3 Å². The van der Waals surface area contributed by atoms with Gasteiger partial charge in [-0.25, -0.2) is 0 Å². The molecule has 0 unspecified atom stereocenters. The second kappa shape index (κ2) is 4.70. The summed E-state index contributed by atoms with van der Waals surface area (Å²) in [5, 5.41) is 0. The van der Waals surface area contributed by atoms with Crippen molar-refractivity contribution in [2.24, 2.45) is 0 Å². The van der Waals surface area contributed by atoms with Crippen LogP contribution in [0, 0.1) is 0 Å². The van der Waals surface area contributed by atoms with E-state index in [1.807, 2.05) is 23.1 Å². The van der Waals surface area contributed by atoms with Gasteiger partial charge in [-0.3, -0.25) is 4.79 Å². The first-order valence-electron chi connectivity index (χ1n) is 6.11. The summed E-state index contributed by atoms with van der Waals surface area (Å²) in [5.41, 5.74) is 9.22. The number of nitrogen functional groups attached to an aromatic ring is 1. The number of hydrogen-bond acceptors (Lipinski definition) is 2. The number of rotatable bonds is 1. The van der Waals surface area contributed by atoms with Crippen LogP contribution in [0.2, 0.25) is 0 Å². The lowest BCUT2D eigenvalue weighted by atomic mass is 10.1. The number of carbonyl (C=O) groups is 1. The molecule has 2 aromatic rings. The summed E-state index contributed by atoms with van der Waals surface area (Å²) in [6.07, 6.45) is 0.908. The van der Waals surface area contributed by atoms with Gasteiger partial charge in [0.15, 0.2) is 0 Å². The SMILES string of the molecule is Nc1cc(Br)cc(C(=O)N2CCc3ccccc32)c1. The molecule has 1 amide bonds. The number of fused-ring (bicyclic) bond motifs is 1. The van der Waals surface area contributed by atoms with Gasteiger partial charge in [0.25, 0.3) is 5.91 Å². The third-order valence-electron chi connectivity index (χ3n) is 3.30. The van der Waals surface area contributed by atoms with Crippen LogP contribution in [0.15, 0.2) is 46.9 Å². The quantitative estimate of drug-likeness (QED) is 0.821. The third-order valence-corrected chi connectivity index (χ3v) is 3.76. The maximum absolute atomic E-state index is 12.6. The molecule has 2 N–H and O–H groups in total. The number of benzene rings is 2. The Kier molecular flexibility index (Phi) is 3.03. The first kappa shape index (κ1) is 12.2. The van der Waals surface area contributed by atoms with E-state index >= 15 is 0 Å². The zero-order valence-electron chi connectivity index (χ0n) is 10.3. The number of nitrogens with zero attached hydrogens (tertiary/aromatic N) is 1. The van der Waals surface area contributed by atoms with Gasteiger partial charge in [-0.05, 0) is 36.2 Å². The highest BCUT2D eigenvalue weighted by Crippen LogP contribution is 2.29. The van der Waals surface area contributed by atoms with E-state index in [1.54, 1.807) is 18.2 Å². The molecule has 0 fully saturated rings. The van der Waals surface area contributed by atoms with Crippen LogP contribution in [0.5, 0.6) is 0 Å². The van der Waals surface area contributed by atoms with Crippen molar-refractivity contribution in [1.82, 2.24) is 0 Å². The zero-order valence-corrected chi connectivity index (χ0v) is 11.9. The molecule has 1 aliphatic heterocycles. The van der Waals surface area contributed by atoms with Crippen LogP contribution in [-0.4, -0.2) is 12.5 Å². The van der Waals surface area contributed by atoms with E-state index in [0.29, 0.717) is 11.3 Å². The van der Waals surface area contributed by atoms with E-state index in [0.717, 1.165) is 23.1 Å². The number of carbonyl (C=O) groups excluding carboxylic acids is 1. The van der Waals surface area contributed by atoms with E-state index in [1.165, 1.54) is 5.56 Å². The van der Waals surface area contributed by atoms with Crippen molar-refractivity contribution in [1.29, 1.82) is 0 Å². The summed E-state index contributed by atoms with van der Waals surface area (Å²) >= 11 is 3.37. The van der Waals surface area contributed by atoms with Crippen molar-refractivity contribution < 1.29 is 4.79 Å². The predicted octanol–water partition coefficient (Wildman–Crippen LogP) is 3.23. The van der Waals surface area contributed by atoms with Crippen molar-refractivity contribution in [3.05, 3.63) is 58.1 Å². The largest absolute Gasteiger partial charge is 0.399 e. The maximum atomic E-state index is 12.6. The normalized spacial score (nSPS) is 13.4. The molecular formula is C15H13BrN2O. The van der Waals surface area contributed by atoms with E-state index < -0.39 is 0 Å². The summed E-state index contributed by atoms with van der Waals surface area (Å²) in [4.78, 5) is 14.4. The molecule has 3 rings (SSSR count). The third kappa shape index (κ3) is 2.24. The van der Waals surface area contributed by atoms with Crippen LogP contribution < -0.4 is 10.6 Å². The van der Waals surface area contributed by atoms with E-state index in [2.05, 4.69) is 22.0 Å². The molecule has 0 atom stereocenters. The van der Waals surface area contributed by atoms with Crippen LogP contribution in [-0.2, 0) is 6.42 Å². The van der Waals surface area contributed by atoms with Crippen molar-refractivity contribution in [3.8, 4) is 0 Å². The van der Waals surface area contributed by atoms with Gasteiger partial charge in [-0.2, -0.15) is 0 Å². The molecule has 0 radical (unpaired) electrons. The highest BCUT2D eigenvalue weighted by atomic mass is 79.9. The first-order valence-corrected chi connectivity index (χ1v) is 6.90. The Labute approximate surface area is 120 Å². The van der Waals surface area contributed by atoms with Crippen LogP contribution in [0.25, 0.3) is 0 Å². The van der Waals surface area contributed by atoms with Gasteiger partial charge in [0.05, 0.1) is 0 Å². The Morgan fingerprint density at radius 2 is 2.00 bits per heavy atom. The van der Waals surface area contributed by atoms with Gasteiger partial charge < -0.3 is 10.6 Å². The van der Waals surface area contributed by atoms with Crippen LogP contribution in [0.4, 0.5) is 11.4 Å². The molecule has 96 valence electrons. The Balaban J connectivity index is 1.98. The molecule has 0 bridgehead atoms. The molecule has 0 saturated heterocycles. The molecule has 1 heterocycles. The van der Waals surface area contributed by atoms with Crippen molar-refractivity contribution in [3.63, 3.8) is 0 Å². The average Bonchev–Trinajstić information content (AvgIpc) is 2.80. The molecule has 1 aliphatic rings. The minimum atomic E-state index is -0.00190. The zero-order chi connectivity index (χ0) is 13.4. The van der Waals surface area contributed by atoms with Gasteiger partial charge in [0, 0.05) is 28.0 Å². The number of nitrogens with two attached hydrogens (primary N) is 1. The minimum Gasteiger partial charge on any atom is -0.399 e. The Bertz CT molecular complexity index is 634. The van der Waals surface area contributed by atoms with Gasteiger partial charge in [-0.15, -0.1) is 0 Å². The van der Waals surface area contributed by atoms with Crippen molar-refractivity contribution in [2.75, 3.05) is 17.2 Å². The first-order chi connectivity index (χ1) is 9.15. The maximum Gasteiger partial charge on any atom is 0.258 e. The molecule has 4 heteroatoms. The Hall–Kier alpha value is -1.81. The smallest absolute Gasteiger partial charge is 0.258 e. The molecule has 19 heavy (non-hydrogen) atoms. The highest BCUT2D eigenvalue weighted by molar-refractivity contribution is 9.10. The molecular weight excluding hydrogens is 304 g/mol. The molecule has 0 aliphatic carbocycles. The standard InChI is InChI=1S/C15H13BrN2O/c16-12-7-11(8-13(17)9-12)15(19)18-6-5-10-3-1-2-4-14(10)18/h1-4,7-9H,5-6,17H2. The fourth-order valence-electron chi connectivity index (χ4n) is 2.44. The van der Waals surface area contributed by atoms with Gasteiger partial charge in [0.2, 0.25) is 0 Å². The molecule has 0 aromatic heterocycles. The minimum absolute atomic E-state index is 0.00190. The lowest BCUT2D eigenvalue weighted by Gasteiger charge is -2.17. The Morgan fingerprint density at radius 3 is 2.79 bits per heavy atom. The monoisotopic (exact) mass is 316 g/mol. The van der Waals surface area contributed by atoms with E-state index in [-0.39, 0.29) is 5.91 Å². The highest BCUT2D eigenvalue weighted by Gasteiger charge is 2.25. The summed E-state index contributed by atoms with van der Waals surface area (Å²) in [6.45, 7) is 0.727. The number of halogens is 1. The summed E-state index contributed by atoms with van der Waals surface area (Å²) < 4.78 is 0.823. The summed E-state index contributed by atoms with van der Waals surface area (Å²) in [7, 11) is 0. The van der Waals surface area contributed by atoms with E-state index in [4.69, 9.17) is 5.73 Å². The molecule has 2 aromatic carbocycles. The lowest BCUT2D eigenvalue weighted by Crippen LogP contribution is -2.28. The number of anilines is 2. The Morgan fingerprint density at radius 1 is 1.21 bits per heavy atom. The van der Waals surface area contributed by atoms with Gasteiger partial charge in [-0.1, -0.05) is 34.1 Å². The van der Waals surface area contributed by atoms with Crippen LogP contribution in [0.3, 0.4) is 0 Å². The van der Waals surface area contributed by atoms with Crippen molar-refractivity contribution >= 4 is 33.2 Å². The summed E-state index contributed by atoms with van der Waals surface area (Å²) in [6, 6.07) is 13.3. The molecule has 0 spiro atoms. The second-order valence-corrected chi connectivity index (χ2v) is 5.52. The van der Waals surface area contributed by atoms with Gasteiger partial charge >= 0.3 is 0 Å². The van der Waals surface area contributed by atoms with Crippen LogP contribution in [0.1, 0.15) is 15.9 Å². The average molecular weight is 317 g/mol. The number of hydrogen-bond donors (Lipinski definition) is 1. The summed E-state index contributed by atoms with van der Waals surface area (Å²) in [5.74, 6) is -0.00190. The predicted molar refractivity (Wildman–Crippen MR) is 80.4 cm³/mol. The fourth-order valence-corrected chi connectivity index (χ4v) is 2.95. The molecule has 3 nitrogen and oxygen atoms in total. The van der Waals surface area contributed by atoms with E-state index in [9.17, 15) is 4.79 Å². The lowest BCUT2D eigenvalue weighted by molar-refractivity contribution is 0.0989. The number of para-hydroxylation sites is 1. The number of amides is 1. The molecule has 0 saturated carbocycles. The fraction of sp³-hybridized carbons (Fsp3) is 0.133. The van der Waals surface area contributed by atoms with Gasteiger partial charge in [0.1, 0.15) is 0 Å².